The summed E-state index contributed by atoms with van der Waals surface area (Å²) in [4.78, 5) is 8.46. The molecule has 0 amide bonds. The van der Waals surface area contributed by atoms with Crippen LogP contribution in [0.15, 0.2) is 12.4 Å². The highest BCUT2D eigenvalue weighted by atomic mass is 14.8. The molecule has 0 aliphatic rings. The highest BCUT2D eigenvalue weighted by molar-refractivity contribution is 5.05. The van der Waals surface area contributed by atoms with Crippen LogP contribution in [0.25, 0.3) is 0 Å². The first-order chi connectivity index (χ1) is 5.74. The zero-order valence-electron chi connectivity index (χ0n) is 7.62. The van der Waals surface area contributed by atoms with Gasteiger partial charge in [0.2, 0.25) is 0 Å². The van der Waals surface area contributed by atoms with Crippen LogP contribution in [-0.2, 0) is 0 Å². The fourth-order valence-corrected chi connectivity index (χ4v) is 1.05. The highest BCUT2D eigenvalue weighted by Crippen LogP contribution is 2.13. The summed E-state index contributed by atoms with van der Waals surface area (Å²) < 4.78 is 0. The first kappa shape index (κ1) is 9.13. The lowest BCUT2D eigenvalue weighted by Gasteiger charge is -2.07. The minimum absolute atomic E-state index is 0.420. The van der Waals surface area contributed by atoms with Gasteiger partial charge < -0.3 is 5.73 Å². The molecule has 3 nitrogen and oxygen atoms in total. The number of nitrogens with two attached hydrogens (primary N) is 1. The molecular weight excluding hydrogens is 150 g/mol. The van der Waals surface area contributed by atoms with Crippen LogP contribution < -0.4 is 5.73 Å². The Morgan fingerprint density at radius 3 is 2.67 bits per heavy atom. The fraction of sp³-hybridized carbons (Fsp3) is 0.556. The van der Waals surface area contributed by atoms with Crippen molar-refractivity contribution < 1.29 is 0 Å². The summed E-state index contributed by atoms with van der Waals surface area (Å²) in [6.45, 7) is 4.76. The molecule has 1 heterocycles. The second-order valence-electron chi connectivity index (χ2n) is 3.06. The summed E-state index contributed by atoms with van der Waals surface area (Å²) in [6, 6.07) is 0. The number of aromatic nitrogens is 2. The van der Waals surface area contributed by atoms with Gasteiger partial charge in [0.15, 0.2) is 0 Å². The summed E-state index contributed by atoms with van der Waals surface area (Å²) in [5.74, 6) is 0.420. The zero-order valence-corrected chi connectivity index (χ0v) is 7.62. The van der Waals surface area contributed by atoms with E-state index >= 15 is 0 Å². The molecule has 0 aromatic carbocycles. The molecule has 0 fully saturated rings. The molecule has 66 valence electrons. The third-order valence-electron chi connectivity index (χ3n) is 1.91. The maximum Gasteiger partial charge on any atom is 0.0615 e. The van der Waals surface area contributed by atoms with Crippen LogP contribution in [-0.4, -0.2) is 16.5 Å². The Bertz CT molecular complexity index is 230. The lowest BCUT2D eigenvalue weighted by molar-refractivity contribution is 0.665. The van der Waals surface area contributed by atoms with E-state index < -0.39 is 0 Å². The van der Waals surface area contributed by atoms with Gasteiger partial charge in [0.05, 0.1) is 11.4 Å². The van der Waals surface area contributed by atoms with Gasteiger partial charge >= 0.3 is 0 Å². The molecule has 1 unspecified atom stereocenters. The van der Waals surface area contributed by atoms with Gasteiger partial charge in [0.1, 0.15) is 0 Å². The maximum atomic E-state index is 5.45. The van der Waals surface area contributed by atoms with Crippen molar-refractivity contribution in [2.45, 2.75) is 26.2 Å². The standard InChI is InChI=1S/C9H15N3/c1-7(3-4-10)9-6-11-8(2)5-12-9/h5-7H,3-4,10H2,1-2H3. The Kier molecular flexibility index (Phi) is 3.17. The molecular formula is C9H15N3. The van der Waals surface area contributed by atoms with Gasteiger partial charge in [-0.15, -0.1) is 0 Å². The summed E-state index contributed by atoms with van der Waals surface area (Å²) >= 11 is 0. The molecule has 1 rings (SSSR count). The Labute approximate surface area is 73.0 Å². The molecule has 0 bridgehead atoms. The number of aryl methyl sites for hydroxylation is 1. The quantitative estimate of drug-likeness (QED) is 0.733. The third kappa shape index (κ3) is 2.27. The van der Waals surface area contributed by atoms with E-state index in [1.54, 1.807) is 6.20 Å². The molecule has 12 heavy (non-hydrogen) atoms. The number of hydrogen-bond donors (Lipinski definition) is 1. The van der Waals surface area contributed by atoms with Gasteiger partial charge in [-0.3, -0.25) is 9.97 Å². The predicted molar refractivity (Wildman–Crippen MR) is 48.9 cm³/mol. The van der Waals surface area contributed by atoms with Crippen molar-refractivity contribution in [1.29, 1.82) is 0 Å². The number of nitrogens with zero attached hydrogens (tertiary/aromatic N) is 2. The average Bonchev–Trinajstić information content (AvgIpc) is 2.06. The van der Waals surface area contributed by atoms with Crippen LogP contribution in [0.2, 0.25) is 0 Å². The second kappa shape index (κ2) is 4.16. The van der Waals surface area contributed by atoms with Crippen molar-refractivity contribution in [2.24, 2.45) is 5.73 Å². The molecule has 0 saturated heterocycles. The van der Waals surface area contributed by atoms with E-state index in [0.717, 1.165) is 17.8 Å². The van der Waals surface area contributed by atoms with Crippen LogP contribution in [0.5, 0.6) is 0 Å². The summed E-state index contributed by atoms with van der Waals surface area (Å²) in [6.07, 6.45) is 4.59. The maximum absolute atomic E-state index is 5.45. The third-order valence-corrected chi connectivity index (χ3v) is 1.91. The van der Waals surface area contributed by atoms with E-state index in [9.17, 15) is 0 Å². The van der Waals surface area contributed by atoms with Gasteiger partial charge in [-0.1, -0.05) is 6.92 Å². The Morgan fingerprint density at radius 2 is 2.17 bits per heavy atom. The molecule has 1 aromatic rings. The molecule has 0 aliphatic carbocycles. The van der Waals surface area contributed by atoms with E-state index in [4.69, 9.17) is 5.73 Å². The molecule has 2 N–H and O–H groups in total. The zero-order chi connectivity index (χ0) is 8.97. The highest BCUT2D eigenvalue weighted by Gasteiger charge is 2.05. The average molecular weight is 165 g/mol. The molecule has 0 saturated carbocycles. The normalized spacial score (nSPS) is 12.9. The van der Waals surface area contributed by atoms with E-state index in [1.165, 1.54) is 0 Å². The first-order valence-corrected chi connectivity index (χ1v) is 4.22. The molecule has 0 spiro atoms. The topological polar surface area (TPSA) is 51.8 Å². The van der Waals surface area contributed by atoms with Crippen LogP contribution in [0.4, 0.5) is 0 Å². The van der Waals surface area contributed by atoms with E-state index in [2.05, 4.69) is 16.9 Å². The van der Waals surface area contributed by atoms with E-state index in [1.807, 2.05) is 13.1 Å². The minimum Gasteiger partial charge on any atom is -0.330 e. The van der Waals surface area contributed by atoms with Gasteiger partial charge in [-0.05, 0) is 19.9 Å². The van der Waals surface area contributed by atoms with Gasteiger partial charge in [0, 0.05) is 18.3 Å². The van der Waals surface area contributed by atoms with Crippen molar-refractivity contribution in [2.75, 3.05) is 6.54 Å². The first-order valence-electron chi connectivity index (χ1n) is 4.22. The van der Waals surface area contributed by atoms with Gasteiger partial charge in [0.25, 0.3) is 0 Å². The molecule has 3 heteroatoms. The Balaban J connectivity index is 2.68. The second-order valence-corrected chi connectivity index (χ2v) is 3.06. The lowest BCUT2D eigenvalue weighted by atomic mass is 10.1. The van der Waals surface area contributed by atoms with Gasteiger partial charge in [-0.2, -0.15) is 0 Å². The monoisotopic (exact) mass is 165 g/mol. The van der Waals surface area contributed by atoms with E-state index in [0.29, 0.717) is 12.5 Å². The lowest BCUT2D eigenvalue weighted by Crippen LogP contribution is -2.06. The Hall–Kier alpha value is -0.960. The molecule has 0 aliphatic heterocycles. The van der Waals surface area contributed by atoms with Crippen LogP contribution in [0.1, 0.15) is 30.7 Å². The van der Waals surface area contributed by atoms with Crippen molar-refractivity contribution in [3.8, 4) is 0 Å². The van der Waals surface area contributed by atoms with Crippen molar-refractivity contribution in [3.63, 3.8) is 0 Å². The molecule has 0 radical (unpaired) electrons. The SMILES string of the molecule is Cc1cnc(C(C)CCN)cn1. The smallest absolute Gasteiger partial charge is 0.0615 e. The number of rotatable bonds is 3. The summed E-state index contributed by atoms with van der Waals surface area (Å²) in [5.41, 5.74) is 7.44. The van der Waals surface area contributed by atoms with Crippen LogP contribution in [0.3, 0.4) is 0 Å². The number of hydrogen-bond acceptors (Lipinski definition) is 3. The fourth-order valence-electron chi connectivity index (χ4n) is 1.05. The minimum atomic E-state index is 0.420. The predicted octanol–water partition coefficient (Wildman–Crippen LogP) is 1.24. The Morgan fingerprint density at radius 1 is 1.42 bits per heavy atom. The van der Waals surface area contributed by atoms with E-state index in [-0.39, 0.29) is 0 Å². The van der Waals surface area contributed by atoms with Crippen LogP contribution >= 0.6 is 0 Å². The van der Waals surface area contributed by atoms with Gasteiger partial charge in [-0.25, -0.2) is 0 Å². The largest absolute Gasteiger partial charge is 0.330 e. The van der Waals surface area contributed by atoms with Crippen molar-refractivity contribution in [3.05, 3.63) is 23.8 Å². The summed E-state index contributed by atoms with van der Waals surface area (Å²) in [5, 5.41) is 0. The van der Waals surface area contributed by atoms with Crippen molar-refractivity contribution in [1.82, 2.24) is 9.97 Å². The summed E-state index contributed by atoms with van der Waals surface area (Å²) in [7, 11) is 0. The van der Waals surface area contributed by atoms with Crippen molar-refractivity contribution >= 4 is 0 Å². The molecule has 1 atom stereocenters. The van der Waals surface area contributed by atoms with Crippen LogP contribution in [0, 0.1) is 6.92 Å². The molecule has 1 aromatic heterocycles.